The molecule has 1 N–H and O–H groups in total. The van der Waals surface area contributed by atoms with Crippen LogP contribution in [-0.2, 0) is 17.9 Å². The number of amides is 1. The first kappa shape index (κ1) is 20.8. The summed E-state index contributed by atoms with van der Waals surface area (Å²) in [4.78, 5) is 20.9. The van der Waals surface area contributed by atoms with Crippen LogP contribution in [0.4, 0.5) is 0 Å². The zero-order chi connectivity index (χ0) is 20.3. The van der Waals surface area contributed by atoms with Gasteiger partial charge in [-0.2, -0.15) is 5.10 Å². The molecule has 0 aromatic carbocycles. The second-order valence-corrected chi connectivity index (χ2v) is 9.27. The number of hydrogen-bond acceptors (Lipinski definition) is 5. The lowest BCUT2D eigenvalue weighted by atomic mass is 9.67. The van der Waals surface area contributed by atoms with Crippen LogP contribution in [-0.4, -0.2) is 89.3 Å². The quantitative estimate of drug-likeness (QED) is 0.747. The number of carbonyl (C=O) groups is 1. The van der Waals surface area contributed by atoms with Gasteiger partial charge in [-0.1, -0.05) is 0 Å². The van der Waals surface area contributed by atoms with Crippen molar-refractivity contribution in [2.45, 2.75) is 58.2 Å². The highest BCUT2D eigenvalue weighted by molar-refractivity contribution is 5.84. The van der Waals surface area contributed by atoms with E-state index in [4.69, 9.17) is 0 Å². The standard InChI is InChI=1S/C22H38N6O/c1-3-28-17-19(15-24-28)16-27-12-6-7-22(8-13-25(2)18-20(22)27)21(29)23-9-14-26-10-4-5-11-26/h15,17,20H,3-14,16,18H2,1-2H3,(H,23,29)/t20-,22-/m1/s1. The first-order valence-corrected chi connectivity index (χ1v) is 11.6. The Morgan fingerprint density at radius 2 is 2.03 bits per heavy atom. The smallest absolute Gasteiger partial charge is 0.227 e. The Labute approximate surface area is 175 Å². The number of likely N-dealkylation sites (N-methyl/N-ethyl adjacent to an activating group) is 1. The Morgan fingerprint density at radius 3 is 2.79 bits per heavy atom. The van der Waals surface area contributed by atoms with Gasteiger partial charge < -0.3 is 15.1 Å². The third-order valence-electron chi connectivity index (χ3n) is 7.33. The van der Waals surface area contributed by atoms with Crippen molar-refractivity contribution in [3.05, 3.63) is 18.0 Å². The molecule has 29 heavy (non-hydrogen) atoms. The van der Waals surface area contributed by atoms with E-state index in [-0.39, 0.29) is 11.5 Å². The lowest BCUT2D eigenvalue weighted by molar-refractivity contribution is -0.145. The monoisotopic (exact) mass is 402 g/mol. The van der Waals surface area contributed by atoms with E-state index in [9.17, 15) is 4.79 Å². The molecule has 1 aromatic heterocycles. The summed E-state index contributed by atoms with van der Waals surface area (Å²) in [6.45, 7) is 11.1. The van der Waals surface area contributed by atoms with Crippen LogP contribution < -0.4 is 5.32 Å². The fraction of sp³-hybridized carbons (Fsp3) is 0.818. The average Bonchev–Trinajstić information content (AvgIpc) is 3.40. The number of piperidine rings is 2. The fourth-order valence-corrected chi connectivity index (χ4v) is 5.60. The molecule has 3 aliphatic heterocycles. The molecule has 0 aliphatic carbocycles. The molecule has 7 heteroatoms. The van der Waals surface area contributed by atoms with E-state index in [1.807, 2.05) is 10.9 Å². The predicted octanol–water partition coefficient (Wildman–Crippen LogP) is 1.40. The van der Waals surface area contributed by atoms with Gasteiger partial charge in [-0.25, -0.2) is 0 Å². The van der Waals surface area contributed by atoms with Crippen LogP contribution in [0.3, 0.4) is 0 Å². The lowest BCUT2D eigenvalue weighted by Gasteiger charge is -2.53. The molecule has 3 aliphatic rings. The fourth-order valence-electron chi connectivity index (χ4n) is 5.60. The van der Waals surface area contributed by atoms with Gasteiger partial charge in [-0.15, -0.1) is 0 Å². The molecule has 3 fully saturated rings. The number of fused-ring (bicyclic) bond motifs is 1. The van der Waals surface area contributed by atoms with Crippen molar-refractivity contribution in [2.24, 2.45) is 5.41 Å². The minimum absolute atomic E-state index is 0.240. The molecule has 4 heterocycles. The molecular formula is C22H38N6O. The molecule has 0 saturated carbocycles. The van der Waals surface area contributed by atoms with Crippen LogP contribution in [0.5, 0.6) is 0 Å². The van der Waals surface area contributed by atoms with Crippen LogP contribution >= 0.6 is 0 Å². The second-order valence-electron chi connectivity index (χ2n) is 9.27. The van der Waals surface area contributed by atoms with E-state index in [0.29, 0.717) is 5.91 Å². The number of rotatable bonds is 7. The van der Waals surface area contributed by atoms with E-state index in [2.05, 4.69) is 45.3 Å². The van der Waals surface area contributed by atoms with Crippen molar-refractivity contribution in [3.8, 4) is 0 Å². The Morgan fingerprint density at radius 1 is 1.21 bits per heavy atom. The second kappa shape index (κ2) is 9.14. The Kier molecular flexibility index (Phi) is 6.56. The number of carbonyl (C=O) groups excluding carboxylic acids is 1. The molecule has 4 rings (SSSR count). The molecule has 0 unspecified atom stereocenters. The van der Waals surface area contributed by atoms with E-state index in [1.54, 1.807) is 0 Å². The number of nitrogens with zero attached hydrogens (tertiary/aromatic N) is 5. The maximum absolute atomic E-state index is 13.5. The van der Waals surface area contributed by atoms with Crippen molar-refractivity contribution in [3.63, 3.8) is 0 Å². The Bertz CT molecular complexity index is 685. The maximum atomic E-state index is 13.5. The molecule has 1 amide bonds. The molecule has 0 spiro atoms. The highest BCUT2D eigenvalue weighted by Gasteiger charge is 2.52. The normalized spacial score (nSPS) is 29.1. The zero-order valence-corrected chi connectivity index (χ0v) is 18.3. The number of aromatic nitrogens is 2. The largest absolute Gasteiger partial charge is 0.354 e. The van der Waals surface area contributed by atoms with Gasteiger partial charge in [0.1, 0.15) is 0 Å². The number of hydrogen-bond donors (Lipinski definition) is 1. The summed E-state index contributed by atoms with van der Waals surface area (Å²) < 4.78 is 1.99. The number of nitrogens with one attached hydrogen (secondary N) is 1. The molecule has 3 saturated heterocycles. The third kappa shape index (κ3) is 4.52. The summed E-state index contributed by atoms with van der Waals surface area (Å²) in [5.74, 6) is 0.295. The van der Waals surface area contributed by atoms with Gasteiger partial charge in [0.05, 0.1) is 11.6 Å². The van der Waals surface area contributed by atoms with Crippen molar-refractivity contribution in [1.82, 2.24) is 29.8 Å². The van der Waals surface area contributed by atoms with Gasteiger partial charge in [0.2, 0.25) is 5.91 Å². The summed E-state index contributed by atoms with van der Waals surface area (Å²) in [6.07, 6.45) is 9.83. The van der Waals surface area contributed by atoms with Gasteiger partial charge in [-0.3, -0.25) is 14.4 Å². The van der Waals surface area contributed by atoms with Crippen molar-refractivity contribution in [2.75, 3.05) is 52.9 Å². The van der Waals surface area contributed by atoms with Crippen molar-refractivity contribution < 1.29 is 4.79 Å². The zero-order valence-electron chi connectivity index (χ0n) is 18.3. The van der Waals surface area contributed by atoms with Crippen LogP contribution in [0.15, 0.2) is 12.4 Å². The van der Waals surface area contributed by atoms with Crippen LogP contribution in [0, 0.1) is 5.41 Å². The first-order chi connectivity index (χ1) is 14.1. The SMILES string of the molecule is CCn1cc(CN2CCC[C@@]3(C(=O)NCCN4CCCC4)CCN(C)C[C@@H]23)cn1. The first-order valence-electron chi connectivity index (χ1n) is 11.6. The molecular weight excluding hydrogens is 364 g/mol. The minimum Gasteiger partial charge on any atom is -0.354 e. The summed E-state index contributed by atoms with van der Waals surface area (Å²) in [7, 11) is 2.19. The lowest BCUT2D eigenvalue weighted by Crippen LogP contribution is -2.65. The summed E-state index contributed by atoms with van der Waals surface area (Å²) in [5, 5.41) is 7.78. The molecule has 162 valence electrons. The molecule has 2 atom stereocenters. The van der Waals surface area contributed by atoms with Gasteiger partial charge >= 0.3 is 0 Å². The molecule has 1 aromatic rings. The summed E-state index contributed by atoms with van der Waals surface area (Å²) in [6, 6.07) is 0.284. The van der Waals surface area contributed by atoms with Crippen LogP contribution in [0.2, 0.25) is 0 Å². The van der Waals surface area contributed by atoms with E-state index in [0.717, 1.165) is 65.1 Å². The number of aryl methyl sites for hydroxylation is 1. The molecule has 0 bridgehead atoms. The van der Waals surface area contributed by atoms with Gasteiger partial charge in [-0.05, 0) is 72.3 Å². The Hall–Kier alpha value is -1.44. The van der Waals surface area contributed by atoms with E-state index < -0.39 is 0 Å². The van der Waals surface area contributed by atoms with Crippen LogP contribution in [0.1, 0.15) is 44.6 Å². The predicted molar refractivity (Wildman–Crippen MR) is 115 cm³/mol. The summed E-state index contributed by atoms with van der Waals surface area (Å²) in [5.41, 5.74) is 1.02. The number of likely N-dealkylation sites (tertiary alicyclic amines) is 3. The van der Waals surface area contributed by atoms with E-state index in [1.165, 1.54) is 31.5 Å². The third-order valence-corrected chi connectivity index (χ3v) is 7.33. The van der Waals surface area contributed by atoms with Gasteiger partial charge in [0.15, 0.2) is 0 Å². The van der Waals surface area contributed by atoms with Gasteiger partial charge in [0.25, 0.3) is 0 Å². The Balaban J connectivity index is 1.44. The van der Waals surface area contributed by atoms with E-state index >= 15 is 0 Å². The maximum Gasteiger partial charge on any atom is 0.227 e. The summed E-state index contributed by atoms with van der Waals surface area (Å²) >= 11 is 0. The highest BCUT2D eigenvalue weighted by Crippen LogP contribution is 2.43. The molecule has 0 radical (unpaired) electrons. The van der Waals surface area contributed by atoms with Gasteiger partial charge in [0, 0.05) is 50.5 Å². The minimum atomic E-state index is -0.240. The highest BCUT2D eigenvalue weighted by atomic mass is 16.2. The van der Waals surface area contributed by atoms with Crippen molar-refractivity contribution in [1.29, 1.82) is 0 Å². The van der Waals surface area contributed by atoms with Crippen LogP contribution in [0.25, 0.3) is 0 Å². The topological polar surface area (TPSA) is 56.6 Å². The van der Waals surface area contributed by atoms with Crippen molar-refractivity contribution >= 4 is 5.91 Å². The average molecular weight is 403 g/mol. The molecule has 7 nitrogen and oxygen atoms in total.